The summed E-state index contributed by atoms with van der Waals surface area (Å²) in [4.78, 5) is 14.3. The third-order valence-electron chi connectivity index (χ3n) is 3.69. The number of hydrogen-bond acceptors (Lipinski definition) is 2. The topological polar surface area (TPSA) is 42.1 Å². The van der Waals surface area contributed by atoms with Crippen molar-refractivity contribution >= 4 is 17.2 Å². The second-order valence-electron chi connectivity index (χ2n) is 5.17. The lowest BCUT2D eigenvalue weighted by Crippen LogP contribution is -1.92. The van der Waals surface area contributed by atoms with E-state index >= 15 is 0 Å². The van der Waals surface area contributed by atoms with Crippen LogP contribution in [0.5, 0.6) is 5.75 Å². The molecule has 1 aromatic heterocycles. The number of benzene rings is 2. The number of nitrogens with one attached hydrogen (secondary N) is 1. The summed E-state index contributed by atoms with van der Waals surface area (Å²) >= 11 is 0. The van der Waals surface area contributed by atoms with Crippen LogP contribution in [-0.2, 0) is 11.2 Å². The van der Waals surface area contributed by atoms with Gasteiger partial charge >= 0.3 is 0 Å². The summed E-state index contributed by atoms with van der Waals surface area (Å²) in [5, 5.41) is 1.10. The van der Waals surface area contributed by atoms with Crippen molar-refractivity contribution in [3.8, 4) is 17.0 Å². The molecule has 0 amide bonds. The van der Waals surface area contributed by atoms with Gasteiger partial charge in [0.25, 0.3) is 0 Å². The van der Waals surface area contributed by atoms with E-state index in [0.717, 1.165) is 39.8 Å². The molecule has 106 valence electrons. The third kappa shape index (κ3) is 2.55. The van der Waals surface area contributed by atoms with E-state index in [2.05, 4.69) is 24.0 Å². The second kappa shape index (κ2) is 5.44. The van der Waals surface area contributed by atoms with Gasteiger partial charge in [-0.1, -0.05) is 17.7 Å². The Morgan fingerprint density at radius 2 is 2.00 bits per heavy atom. The second-order valence-corrected chi connectivity index (χ2v) is 5.17. The van der Waals surface area contributed by atoms with Crippen LogP contribution in [0, 0.1) is 6.92 Å². The summed E-state index contributed by atoms with van der Waals surface area (Å²) in [7, 11) is 1.66. The Morgan fingerprint density at radius 1 is 1.14 bits per heavy atom. The largest absolute Gasteiger partial charge is 0.497 e. The van der Waals surface area contributed by atoms with Crippen molar-refractivity contribution in [2.45, 2.75) is 13.3 Å². The monoisotopic (exact) mass is 279 g/mol. The van der Waals surface area contributed by atoms with Crippen molar-refractivity contribution in [2.75, 3.05) is 7.11 Å². The maximum Gasteiger partial charge on any atom is 0.124 e. The Hall–Kier alpha value is -2.55. The highest BCUT2D eigenvalue weighted by molar-refractivity contribution is 5.88. The minimum absolute atomic E-state index is 0.425. The van der Waals surface area contributed by atoms with Crippen LogP contribution in [0.3, 0.4) is 0 Å². The Balaban J connectivity index is 2.15. The number of aryl methyl sites for hydroxylation is 1. The van der Waals surface area contributed by atoms with E-state index in [0.29, 0.717) is 6.42 Å². The van der Waals surface area contributed by atoms with Crippen molar-refractivity contribution in [2.24, 2.45) is 0 Å². The number of methoxy groups -OCH3 is 1. The SMILES string of the molecule is COc1ccc2[nH]c(-c3cc(C)ccc3CC=O)cc2c1. The molecule has 1 heterocycles. The molecule has 21 heavy (non-hydrogen) atoms. The van der Waals surface area contributed by atoms with Gasteiger partial charge in [-0.2, -0.15) is 0 Å². The number of rotatable bonds is 4. The zero-order chi connectivity index (χ0) is 14.8. The van der Waals surface area contributed by atoms with Crippen LogP contribution in [0.25, 0.3) is 22.2 Å². The molecule has 3 rings (SSSR count). The molecule has 0 saturated carbocycles. The van der Waals surface area contributed by atoms with Crippen LogP contribution in [-0.4, -0.2) is 18.4 Å². The molecule has 1 N–H and O–H groups in total. The Kier molecular flexibility index (Phi) is 3.48. The predicted octanol–water partition coefficient (Wildman–Crippen LogP) is 3.89. The molecule has 3 aromatic rings. The smallest absolute Gasteiger partial charge is 0.124 e. The molecule has 0 fully saturated rings. The van der Waals surface area contributed by atoms with Gasteiger partial charge in [0.2, 0.25) is 0 Å². The van der Waals surface area contributed by atoms with Gasteiger partial charge in [0.05, 0.1) is 7.11 Å². The first kappa shape index (κ1) is 13.4. The number of ether oxygens (including phenoxy) is 1. The van der Waals surface area contributed by atoms with E-state index in [1.54, 1.807) is 7.11 Å². The van der Waals surface area contributed by atoms with E-state index in [1.807, 2.05) is 30.3 Å². The molecule has 0 unspecified atom stereocenters. The van der Waals surface area contributed by atoms with Gasteiger partial charge in [-0.25, -0.2) is 0 Å². The molecule has 0 spiro atoms. The molecule has 2 aromatic carbocycles. The molecular weight excluding hydrogens is 262 g/mol. The van der Waals surface area contributed by atoms with E-state index in [4.69, 9.17) is 4.74 Å². The standard InChI is InChI=1S/C18H17NO2/c1-12-3-4-13(7-8-20)16(9-12)18-11-14-10-15(21-2)5-6-17(14)19-18/h3-6,8-11,19H,7H2,1-2H3. The molecule has 0 bridgehead atoms. The average molecular weight is 279 g/mol. The zero-order valence-corrected chi connectivity index (χ0v) is 12.1. The van der Waals surface area contributed by atoms with Crippen LogP contribution >= 0.6 is 0 Å². The average Bonchev–Trinajstić information content (AvgIpc) is 2.92. The van der Waals surface area contributed by atoms with Crippen LogP contribution in [0.2, 0.25) is 0 Å². The first-order chi connectivity index (χ1) is 10.2. The highest BCUT2D eigenvalue weighted by atomic mass is 16.5. The highest BCUT2D eigenvalue weighted by Crippen LogP contribution is 2.29. The molecule has 0 aliphatic carbocycles. The van der Waals surface area contributed by atoms with Gasteiger partial charge in [0.1, 0.15) is 12.0 Å². The molecule has 3 nitrogen and oxygen atoms in total. The fraction of sp³-hybridized carbons (Fsp3) is 0.167. The number of aldehydes is 1. The summed E-state index contributed by atoms with van der Waals surface area (Å²) in [6.07, 6.45) is 1.37. The van der Waals surface area contributed by atoms with Gasteiger partial charge in [-0.05, 0) is 42.8 Å². The van der Waals surface area contributed by atoms with Crippen LogP contribution < -0.4 is 4.74 Å². The van der Waals surface area contributed by atoms with Crippen LogP contribution in [0.15, 0.2) is 42.5 Å². The Labute approximate surface area is 123 Å². The number of carbonyl (C=O) groups is 1. The molecule has 0 radical (unpaired) electrons. The summed E-state index contributed by atoms with van der Waals surface area (Å²) < 4.78 is 5.26. The predicted molar refractivity (Wildman–Crippen MR) is 84.8 cm³/mol. The van der Waals surface area contributed by atoms with Crippen molar-refractivity contribution in [3.05, 3.63) is 53.6 Å². The van der Waals surface area contributed by atoms with Crippen molar-refractivity contribution in [3.63, 3.8) is 0 Å². The summed E-state index contributed by atoms with van der Waals surface area (Å²) in [5.74, 6) is 0.838. The first-order valence-electron chi connectivity index (χ1n) is 6.91. The molecular formula is C18H17NO2. The van der Waals surface area contributed by atoms with Crippen molar-refractivity contribution < 1.29 is 9.53 Å². The fourth-order valence-electron chi connectivity index (χ4n) is 2.59. The van der Waals surface area contributed by atoms with E-state index in [1.165, 1.54) is 5.56 Å². The van der Waals surface area contributed by atoms with Gasteiger partial charge < -0.3 is 14.5 Å². The normalized spacial score (nSPS) is 10.8. The van der Waals surface area contributed by atoms with Crippen molar-refractivity contribution in [1.29, 1.82) is 0 Å². The number of aromatic amines is 1. The Bertz CT molecular complexity index is 802. The number of H-pyrrole nitrogens is 1. The van der Waals surface area contributed by atoms with E-state index in [-0.39, 0.29) is 0 Å². The molecule has 0 saturated heterocycles. The number of carbonyl (C=O) groups excluding carboxylic acids is 1. The van der Waals surface area contributed by atoms with E-state index < -0.39 is 0 Å². The molecule has 0 atom stereocenters. The highest BCUT2D eigenvalue weighted by Gasteiger charge is 2.09. The van der Waals surface area contributed by atoms with Crippen molar-refractivity contribution in [1.82, 2.24) is 4.98 Å². The minimum Gasteiger partial charge on any atom is -0.497 e. The van der Waals surface area contributed by atoms with E-state index in [9.17, 15) is 4.79 Å². The fourth-order valence-corrected chi connectivity index (χ4v) is 2.59. The maximum atomic E-state index is 10.9. The maximum absolute atomic E-state index is 10.9. The van der Waals surface area contributed by atoms with Gasteiger partial charge in [0, 0.05) is 28.6 Å². The molecule has 3 heteroatoms. The molecule has 0 aliphatic heterocycles. The Morgan fingerprint density at radius 3 is 2.76 bits per heavy atom. The summed E-state index contributed by atoms with van der Waals surface area (Å²) in [6.45, 7) is 2.06. The van der Waals surface area contributed by atoms with Gasteiger partial charge in [0.15, 0.2) is 0 Å². The lowest BCUT2D eigenvalue weighted by molar-refractivity contribution is -0.107. The molecule has 0 aliphatic rings. The minimum atomic E-state index is 0.425. The quantitative estimate of drug-likeness (QED) is 0.736. The van der Waals surface area contributed by atoms with Gasteiger partial charge in [-0.3, -0.25) is 0 Å². The lowest BCUT2D eigenvalue weighted by atomic mass is 10.00. The number of aromatic nitrogens is 1. The zero-order valence-electron chi connectivity index (χ0n) is 12.1. The van der Waals surface area contributed by atoms with Gasteiger partial charge in [-0.15, -0.1) is 0 Å². The lowest BCUT2D eigenvalue weighted by Gasteiger charge is -2.06. The number of hydrogen-bond donors (Lipinski definition) is 1. The number of fused-ring (bicyclic) bond motifs is 1. The third-order valence-corrected chi connectivity index (χ3v) is 3.69. The first-order valence-corrected chi connectivity index (χ1v) is 6.91. The summed E-state index contributed by atoms with van der Waals surface area (Å²) in [5.41, 5.74) is 5.38. The summed E-state index contributed by atoms with van der Waals surface area (Å²) in [6, 6.07) is 14.2. The van der Waals surface area contributed by atoms with Crippen LogP contribution in [0.4, 0.5) is 0 Å². The van der Waals surface area contributed by atoms with Crippen LogP contribution in [0.1, 0.15) is 11.1 Å².